The fourth-order valence-corrected chi connectivity index (χ4v) is 7.79. The molecule has 9 atom stereocenters. The summed E-state index contributed by atoms with van der Waals surface area (Å²) >= 11 is 3.91. The molecular weight excluding hydrogens is 242 g/mol. The zero-order chi connectivity index (χ0) is 9.19. The van der Waals surface area contributed by atoms with Gasteiger partial charge in [-0.3, -0.25) is 0 Å². The van der Waals surface area contributed by atoms with Crippen molar-refractivity contribution in [2.75, 3.05) is 0 Å². The van der Waals surface area contributed by atoms with Crippen LogP contribution in [0.4, 0.5) is 0 Å². The Labute approximate surface area is 90.9 Å². The highest BCUT2D eigenvalue weighted by Crippen LogP contribution is 2.82. The summed E-state index contributed by atoms with van der Waals surface area (Å²) in [7, 11) is 0. The molecule has 0 radical (unpaired) electrons. The fourth-order valence-electron chi connectivity index (χ4n) is 6.36. The van der Waals surface area contributed by atoms with Gasteiger partial charge in [0, 0.05) is 16.7 Å². The van der Waals surface area contributed by atoms with Gasteiger partial charge in [-0.05, 0) is 41.9 Å². The molecule has 0 saturated heterocycles. The molecule has 0 aromatic carbocycles. The van der Waals surface area contributed by atoms with Gasteiger partial charge in [-0.2, -0.15) is 0 Å². The Morgan fingerprint density at radius 3 is 2.57 bits per heavy atom. The first kappa shape index (κ1) is 7.26. The summed E-state index contributed by atoms with van der Waals surface area (Å²) in [5, 5.41) is 12.8. The van der Waals surface area contributed by atoms with Crippen LogP contribution in [0.1, 0.15) is 6.42 Å². The van der Waals surface area contributed by atoms with E-state index in [-0.39, 0.29) is 0 Å². The number of alkyl halides is 1. The van der Waals surface area contributed by atoms with Gasteiger partial charge in [0.15, 0.2) is 0 Å². The van der Waals surface area contributed by atoms with Gasteiger partial charge in [-0.25, -0.2) is 0 Å². The molecule has 14 heavy (non-hydrogen) atoms. The standard InChI is InChI=1S/C11H12BrNO/c12-10-6-2-1-3-4(6)9-8(10)5(2)7(3)11(9)13-14/h2-10,14H,1H2/b13-11+/t2-,3+,4-,5-,6+,7-,8+,9-,10-/m0/s1. The Balaban J connectivity index is 1.85. The molecule has 6 aliphatic carbocycles. The topological polar surface area (TPSA) is 32.6 Å². The van der Waals surface area contributed by atoms with Crippen LogP contribution in [0.2, 0.25) is 0 Å². The Kier molecular flexibility index (Phi) is 0.940. The lowest BCUT2D eigenvalue weighted by atomic mass is 9.71. The van der Waals surface area contributed by atoms with Crippen molar-refractivity contribution < 1.29 is 5.21 Å². The summed E-state index contributed by atoms with van der Waals surface area (Å²) in [5.41, 5.74) is 1.20. The largest absolute Gasteiger partial charge is 0.411 e. The Bertz CT molecular complexity index is 379. The summed E-state index contributed by atoms with van der Waals surface area (Å²) in [4.78, 5) is 0.752. The van der Waals surface area contributed by atoms with Crippen LogP contribution in [0.5, 0.6) is 0 Å². The molecule has 6 fully saturated rings. The SMILES string of the molecule is O/N=C1/[C@H]2[C@H]3[C@H]4C[C@@H]5[C@H]3[C@H](Br)[C@@H]2[C@@H]5[C@@H]14. The molecule has 0 spiro atoms. The van der Waals surface area contributed by atoms with Gasteiger partial charge >= 0.3 is 0 Å². The normalized spacial score (nSPS) is 77.8. The van der Waals surface area contributed by atoms with Gasteiger partial charge in [-0.15, -0.1) is 0 Å². The molecule has 0 unspecified atom stereocenters. The number of hydrogen-bond donors (Lipinski definition) is 1. The molecule has 6 saturated carbocycles. The predicted octanol–water partition coefficient (Wildman–Crippen LogP) is 1.97. The lowest BCUT2D eigenvalue weighted by Gasteiger charge is -2.32. The van der Waals surface area contributed by atoms with Gasteiger partial charge in [0.05, 0.1) is 5.71 Å². The van der Waals surface area contributed by atoms with E-state index in [2.05, 4.69) is 21.1 Å². The maximum absolute atomic E-state index is 9.14. The molecular formula is C11H12BrNO. The van der Waals surface area contributed by atoms with E-state index >= 15 is 0 Å². The molecule has 0 heterocycles. The minimum Gasteiger partial charge on any atom is -0.411 e. The summed E-state index contributed by atoms with van der Waals surface area (Å²) < 4.78 is 0. The van der Waals surface area contributed by atoms with E-state index in [9.17, 15) is 0 Å². The first-order valence-electron chi connectivity index (χ1n) is 5.70. The van der Waals surface area contributed by atoms with E-state index in [4.69, 9.17) is 5.21 Å². The van der Waals surface area contributed by atoms with Crippen LogP contribution in [0.3, 0.4) is 0 Å². The lowest BCUT2D eigenvalue weighted by molar-refractivity contribution is 0.132. The van der Waals surface area contributed by atoms with Crippen molar-refractivity contribution in [1.29, 1.82) is 0 Å². The van der Waals surface area contributed by atoms with Crippen molar-refractivity contribution in [2.45, 2.75) is 11.2 Å². The van der Waals surface area contributed by atoms with Crippen LogP contribution < -0.4 is 0 Å². The van der Waals surface area contributed by atoms with Crippen molar-refractivity contribution in [3.8, 4) is 0 Å². The van der Waals surface area contributed by atoms with Crippen LogP contribution in [-0.4, -0.2) is 15.7 Å². The van der Waals surface area contributed by atoms with Crippen molar-refractivity contribution in [2.24, 2.45) is 52.5 Å². The summed E-state index contributed by atoms with van der Waals surface area (Å²) in [5.74, 6) is 6.84. The maximum Gasteiger partial charge on any atom is 0.0644 e. The summed E-state index contributed by atoms with van der Waals surface area (Å²) in [6, 6.07) is 0. The molecule has 0 aromatic heterocycles. The highest BCUT2D eigenvalue weighted by Gasteiger charge is 2.82. The van der Waals surface area contributed by atoms with Crippen LogP contribution in [0.15, 0.2) is 5.16 Å². The third-order valence-corrected chi connectivity index (χ3v) is 7.38. The van der Waals surface area contributed by atoms with Crippen LogP contribution in [0, 0.1) is 47.3 Å². The summed E-state index contributed by atoms with van der Waals surface area (Å²) in [6.07, 6.45) is 1.44. The average Bonchev–Trinajstić information content (AvgIpc) is 2.85. The molecule has 1 N–H and O–H groups in total. The Morgan fingerprint density at radius 1 is 1.07 bits per heavy atom. The second kappa shape index (κ2) is 1.81. The predicted molar refractivity (Wildman–Crippen MR) is 54.5 cm³/mol. The van der Waals surface area contributed by atoms with E-state index in [1.165, 1.54) is 12.1 Å². The smallest absolute Gasteiger partial charge is 0.0644 e. The second-order valence-electron chi connectivity index (χ2n) is 5.89. The van der Waals surface area contributed by atoms with Gasteiger partial charge in [-0.1, -0.05) is 21.1 Å². The molecule has 6 aliphatic rings. The monoisotopic (exact) mass is 253 g/mol. The van der Waals surface area contributed by atoms with Crippen LogP contribution >= 0.6 is 15.9 Å². The first-order valence-corrected chi connectivity index (χ1v) is 6.62. The van der Waals surface area contributed by atoms with E-state index in [1.807, 2.05) is 0 Å². The van der Waals surface area contributed by atoms with Crippen LogP contribution in [-0.2, 0) is 0 Å². The van der Waals surface area contributed by atoms with E-state index in [0.717, 1.165) is 40.3 Å². The van der Waals surface area contributed by atoms with Crippen LogP contribution in [0.25, 0.3) is 0 Å². The third kappa shape index (κ3) is 0.427. The Hall–Kier alpha value is -0.0500. The van der Waals surface area contributed by atoms with Gasteiger partial charge in [0.2, 0.25) is 0 Å². The van der Waals surface area contributed by atoms with E-state index in [1.54, 1.807) is 0 Å². The molecule has 6 bridgehead atoms. The van der Waals surface area contributed by atoms with E-state index in [0.29, 0.717) is 11.8 Å². The zero-order valence-corrected chi connectivity index (χ0v) is 9.26. The van der Waals surface area contributed by atoms with Crippen molar-refractivity contribution in [3.63, 3.8) is 0 Å². The summed E-state index contributed by atoms with van der Waals surface area (Å²) in [6.45, 7) is 0. The van der Waals surface area contributed by atoms with Crippen molar-refractivity contribution in [1.82, 2.24) is 0 Å². The number of hydrogen-bond acceptors (Lipinski definition) is 2. The lowest BCUT2D eigenvalue weighted by Crippen LogP contribution is -2.30. The average molecular weight is 254 g/mol. The molecule has 3 heteroatoms. The van der Waals surface area contributed by atoms with Gasteiger partial charge in [0.25, 0.3) is 0 Å². The van der Waals surface area contributed by atoms with Crippen molar-refractivity contribution >= 4 is 21.6 Å². The molecule has 0 amide bonds. The quantitative estimate of drug-likeness (QED) is 0.400. The Morgan fingerprint density at radius 2 is 1.86 bits per heavy atom. The second-order valence-corrected chi connectivity index (χ2v) is 6.95. The number of rotatable bonds is 0. The fraction of sp³-hybridized carbons (Fsp3) is 0.909. The first-order chi connectivity index (χ1) is 6.84. The minimum absolute atomic E-state index is 0.674. The molecule has 74 valence electrons. The van der Waals surface area contributed by atoms with Gasteiger partial charge < -0.3 is 5.21 Å². The van der Waals surface area contributed by atoms with Gasteiger partial charge in [0.1, 0.15) is 0 Å². The van der Waals surface area contributed by atoms with Crippen molar-refractivity contribution in [3.05, 3.63) is 0 Å². The third-order valence-electron chi connectivity index (χ3n) is 6.16. The molecule has 6 rings (SSSR count). The molecule has 0 aromatic rings. The van der Waals surface area contributed by atoms with E-state index < -0.39 is 0 Å². The highest BCUT2D eigenvalue weighted by atomic mass is 79.9. The minimum atomic E-state index is 0.674. The number of oxime groups is 1. The zero-order valence-electron chi connectivity index (χ0n) is 7.68. The highest BCUT2D eigenvalue weighted by molar-refractivity contribution is 9.09. The molecule has 2 nitrogen and oxygen atoms in total. The number of nitrogens with zero attached hydrogens (tertiary/aromatic N) is 1. The molecule has 0 aliphatic heterocycles. The number of halogens is 1. The maximum atomic E-state index is 9.14.